The van der Waals surface area contributed by atoms with Gasteiger partial charge in [0.1, 0.15) is 0 Å². The van der Waals surface area contributed by atoms with Crippen LogP contribution >= 0.6 is 11.6 Å². The fourth-order valence-corrected chi connectivity index (χ4v) is 3.16. The van der Waals surface area contributed by atoms with E-state index >= 15 is 0 Å². The SMILES string of the molecule is CCOC(=O)c1cc(NS(=O)(=O)c2ccc([N+](=O)[O-])cc2)ccc1Cl. The summed E-state index contributed by atoms with van der Waals surface area (Å²) in [5, 5.41) is 10.7. The summed E-state index contributed by atoms with van der Waals surface area (Å²) in [5.74, 6) is -0.677. The number of halogens is 1. The number of nitro groups is 1. The molecule has 0 fully saturated rings. The summed E-state index contributed by atoms with van der Waals surface area (Å²) in [7, 11) is -3.99. The van der Waals surface area contributed by atoms with Crippen LogP contribution in [0.5, 0.6) is 0 Å². The lowest BCUT2D eigenvalue weighted by molar-refractivity contribution is -0.384. The molecule has 0 aliphatic rings. The summed E-state index contributed by atoms with van der Waals surface area (Å²) in [6, 6.07) is 8.39. The molecule has 0 amide bonds. The number of hydrogen-bond acceptors (Lipinski definition) is 6. The van der Waals surface area contributed by atoms with E-state index < -0.39 is 20.9 Å². The number of benzene rings is 2. The van der Waals surface area contributed by atoms with Crippen LogP contribution in [-0.4, -0.2) is 25.9 Å². The molecule has 0 spiro atoms. The van der Waals surface area contributed by atoms with Crippen molar-refractivity contribution in [3.05, 3.63) is 63.2 Å². The maximum Gasteiger partial charge on any atom is 0.339 e. The summed E-state index contributed by atoms with van der Waals surface area (Å²) < 4.78 is 31.8. The minimum atomic E-state index is -3.99. The molecule has 8 nitrogen and oxygen atoms in total. The molecule has 0 bridgehead atoms. The Bertz CT molecular complexity index is 912. The molecule has 2 aromatic carbocycles. The van der Waals surface area contributed by atoms with Crippen molar-refractivity contribution in [1.29, 1.82) is 0 Å². The van der Waals surface area contributed by atoms with Gasteiger partial charge in [0.25, 0.3) is 15.7 Å². The van der Waals surface area contributed by atoms with Crippen molar-refractivity contribution in [3.63, 3.8) is 0 Å². The Kier molecular flexibility index (Phi) is 5.60. The number of carbonyl (C=O) groups is 1. The molecule has 0 aliphatic heterocycles. The van der Waals surface area contributed by atoms with E-state index in [4.69, 9.17) is 16.3 Å². The zero-order valence-corrected chi connectivity index (χ0v) is 14.5. The van der Waals surface area contributed by atoms with Crippen molar-refractivity contribution in [3.8, 4) is 0 Å². The third-order valence-electron chi connectivity index (χ3n) is 3.07. The Morgan fingerprint density at radius 3 is 2.44 bits per heavy atom. The van der Waals surface area contributed by atoms with E-state index in [0.29, 0.717) is 0 Å². The first-order valence-corrected chi connectivity index (χ1v) is 8.84. The predicted molar refractivity (Wildman–Crippen MR) is 91.3 cm³/mol. The van der Waals surface area contributed by atoms with E-state index in [-0.39, 0.29) is 33.5 Å². The molecule has 0 atom stereocenters. The number of nitrogens with one attached hydrogen (secondary N) is 1. The van der Waals surface area contributed by atoms with Gasteiger partial charge in [0.2, 0.25) is 0 Å². The number of hydrogen-bond donors (Lipinski definition) is 1. The third-order valence-corrected chi connectivity index (χ3v) is 4.80. The number of nitro benzene ring substituents is 1. The second-order valence-electron chi connectivity index (χ2n) is 4.77. The van der Waals surface area contributed by atoms with Crippen LogP contribution < -0.4 is 4.72 Å². The molecule has 10 heteroatoms. The average molecular weight is 385 g/mol. The lowest BCUT2D eigenvalue weighted by atomic mass is 10.2. The number of ether oxygens (including phenoxy) is 1. The van der Waals surface area contributed by atoms with Gasteiger partial charge < -0.3 is 4.74 Å². The monoisotopic (exact) mass is 384 g/mol. The maximum absolute atomic E-state index is 12.3. The van der Waals surface area contributed by atoms with Crippen LogP contribution in [0.3, 0.4) is 0 Å². The lowest BCUT2D eigenvalue weighted by Gasteiger charge is -2.10. The zero-order chi connectivity index (χ0) is 18.6. The molecule has 25 heavy (non-hydrogen) atoms. The van der Waals surface area contributed by atoms with E-state index in [1.54, 1.807) is 6.92 Å². The molecule has 2 aromatic rings. The Morgan fingerprint density at radius 2 is 1.88 bits per heavy atom. The van der Waals surface area contributed by atoms with Gasteiger partial charge in [-0.05, 0) is 37.3 Å². The fourth-order valence-electron chi connectivity index (χ4n) is 1.92. The van der Waals surface area contributed by atoms with Crippen LogP contribution in [0, 0.1) is 10.1 Å². The van der Waals surface area contributed by atoms with E-state index in [1.165, 1.54) is 18.2 Å². The summed E-state index contributed by atoms with van der Waals surface area (Å²) in [5.41, 5.74) is -0.103. The topological polar surface area (TPSA) is 116 Å². The van der Waals surface area contributed by atoms with E-state index in [9.17, 15) is 23.3 Å². The minimum absolute atomic E-state index is 0.0208. The Balaban J connectivity index is 2.30. The van der Waals surface area contributed by atoms with Crippen molar-refractivity contribution in [2.24, 2.45) is 0 Å². The summed E-state index contributed by atoms with van der Waals surface area (Å²) in [6.07, 6.45) is 0. The minimum Gasteiger partial charge on any atom is -0.462 e. The molecule has 2 rings (SSSR count). The largest absolute Gasteiger partial charge is 0.462 e. The van der Waals surface area contributed by atoms with Gasteiger partial charge >= 0.3 is 5.97 Å². The molecule has 0 radical (unpaired) electrons. The number of sulfonamides is 1. The van der Waals surface area contributed by atoms with Gasteiger partial charge in [-0.3, -0.25) is 14.8 Å². The van der Waals surface area contributed by atoms with Crippen LogP contribution in [0.1, 0.15) is 17.3 Å². The summed E-state index contributed by atoms with van der Waals surface area (Å²) in [4.78, 5) is 21.6. The molecule has 0 saturated heterocycles. The van der Waals surface area contributed by atoms with Crippen molar-refractivity contribution < 1.29 is 22.9 Å². The van der Waals surface area contributed by atoms with Gasteiger partial charge in [0.05, 0.1) is 27.0 Å². The van der Waals surface area contributed by atoms with Crippen molar-refractivity contribution in [2.45, 2.75) is 11.8 Å². The molecule has 132 valence electrons. The van der Waals surface area contributed by atoms with Crippen LogP contribution in [0.15, 0.2) is 47.4 Å². The first-order valence-electron chi connectivity index (χ1n) is 6.98. The van der Waals surface area contributed by atoms with Gasteiger partial charge in [-0.15, -0.1) is 0 Å². The predicted octanol–water partition coefficient (Wildman–Crippen LogP) is 3.23. The first kappa shape index (κ1) is 18.7. The summed E-state index contributed by atoms with van der Waals surface area (Å²) in [6.45, 7) is 1.78. The Labute approximate surface area is 148 Å². The second kappa shape index (κ2) is 7.49. The van der Waals surface area contributed by atoms with Crippen LogP contribution in [0.2, 0.25) is 5.02 Å². The second-order valence-corrected chi connectivity index (χ2v) is 6.86. The number of non-ortho nitro benzene ring substituents is 1. The van der Waals surface area contributed by atoms with Gasteiger partial charge in [0, 0.05) is 17.8 Å². The molecular formula is C15H13ClN2O6S. The van der Waals surface area contributed by atoms with Crippen LogP contribution in [0.25, 0.3) is 0 Å². The number of anilines is 1. The van der Waals surface area contributed by atoms with Gasteiger partial charge in [-0.2, -0.15) is 0 Å². The third kappa shape index (κ3) is 4.46. The maximum atomic E-state index is 12.3. The highest BCUT2D eigenvalue weighted by Crippen LogP contribution is 2.24. The summed E-state index contributed by atoms with van der Waals surface area (Å²) >= 11 is 5.92. The Hall–Kier alpha value is -2.65. The number of esters is 1. The van der Waals surface area contributed by atoms with E-state index in [0.717, 1.165) is 24.3 Å². The average Bonchev–Trinajstić information content (AvgIpc) is 2.56. The Morgan fingerprint density at radius 1 is 1.24 bits per heavy atom. The first-order chi connectivity index (χ1) is 11.7. The van der Waals surface area contributed by atoms with Crippen molar-refractivity contribution in [2.75, 3.05) is 11.3 Å². The van der Waals surface area contributed by atoms with Crippen molar-refractivity contribution in [1.82, 2.24) is 0 Å². The molecule has 0 aliphatic carbocycles. The highest BCUT2D eigenvalue weighted by atomic mass is 35.5. The molecular weight excluding hydrogens is 372 g/mol. The highest BCUT2D eigenvalue weighted by Gasteiger charge is 2.18. The molecule has 0 unspecified atom stereocenters. The lowest BCUT2D eigenvalue weighted by Crippen LogP contribution is -2.14. The zero-order valence-electron chi connectivity index (χ0n) is 12.9. The van der Waals surface area contributed by atoms with Gasteiger partial charge in [-0.1, -0.05) is 11.6 Å². The normalized spacial score (nSPS) is 11.0. The molecule has 0 heterocycles. The van der Waals surface area contributed by atoms with Gasteiger partial charge in [0.15, 0.2) is 0 Å². The highest BCUT2D eigenvalue weighted by molar-refractivity contribution is 7.92. The molecule has 0 aromatic heterocycles. The molecule has 1 N–H and O–H groups in total. The number of rotatable bonds is 6. The number of carbonyl (C=O) groups excluding carboxylic acids is 1. The van der Waals surface area contributed by atoms with Crippen molar-refractivity contribution >= 4 is 39.0 Å². The van der Waals surface area contributed by atoms with Gasteiger partial charge in [-0.25, -0.2) is 13.2 Å². The molecule has 0 saturated carbocycles. The van der Waals surface area contributed by atoms with E-state index in [1.807, 2.05) is 0 Å². The standard InChI is InChI=1S/C15H13ClN2O6S/c1-2-24-15(19)13-9-10(3-8-14(13)16)17-25(22,23)12-6-4-11(5-7-12)18(20)21/h3-9,17H,2H2,1H3. The quantitative estimate of drug-likeness (QED) is 0.464. The fraction of sp³-hybridized carbons (Fsp3) is 0.133. The van der Waals surface area contributed by atoms with E-state index in [2.05, 4.69) is 4.72 Å². The van der Waals surface area contributed by atoms with Crippen LogP contribution in [-0.2, 0) is 14.8 Å². The van der Waals surface area contributed by atoms with Crippen LogP contribution in [0.4, 0.5) is 11.4 Å². The smallest absolute Gasteiger partial charge is 0.339 e. The number of nitrogens with zero attached hydrogens (tertiary/aromatic N) is 1.